The Labute approximate surface area is 258 Å². The van der Waals surface area contributed by atoms with Gasteiger partial charge in [-0.25, -0.2) is 9.59 Å². The SMILES string of the molecule is CCOc1cc([C@H]2NC(=O)NC(C)=C2C(=O)OC)ccc1OC[C@H](O)N/N=C\c1ccccc1OCc1ccc(Br)cc1. The molecule has 2 amide bonds. The van der Waals surface area contributed by atoms with Crippen LogP contribution in [0.3, 0.4) is 0 Å². The Morgan fingerprint density at radius 3 is 2.58 bits per heavy atom. The van der Waals surface area contributed by atoms with Gasteiger partial charge in [0.15, 0.2) is 17.7 Å². The van der Waals surface area contributed by atoms with Gasteiger partial charge in [-0.2, -0.15) is 5.10 Å². The van der Waals surface area contributed by atoms with Crippen LogP contribution in [-0.4, -0.2) is 49.9 Å². The second kappa shape index (κ2) is 15.1. The maximum atomic E-state index is 12.4. The third kappa shape index (κ3) is 8.49. The number of halogens is 1. The number of nitrogens with zero attached hydrogens (tertiary/aromatic N) is 1. The van der Waals surface area contributed by atoms with Crippen molar-refractivity contribution in [3.05, 3.63) is 99.2 Å². The fourth-order valence-corrected chi connectivity index (χ4v) is 4.54. The molecule has 0 spiro atoms. The fraction of sp³-hybridized carbons (Fsp3) is 0.258. The molecule has 0 radical (unpaired) electrons. The zero-order valence-corrected chi connectivity index (χ0v) is 25.5. The molecule has 11 nitrogen and oxygen atoms in total. The number of hydrogen-bond donors (Lipinski definition) is 4. The van der Waals surface area contributed by atoms with Crippen LogP contribution in [0.2, 0.25) is 0 Å². The summed E-state index contributed by atoms with van der Waals surface area (Å²) in [7, 11) is 1.28. The number of benzene rings is 3. The lowest BCUT2D eigenvalue weighted by Crippen LogP contribution is -2.45. The first-order valence-corrected chi connectivity index (χ1v) is 14.3. The number of carbonyl (C=O) groups is 2. The number of allylic oxidation sites excluding steroid dienone is 1. The molecule has 0 bridgehead atoms. The van der Waals surface area contributed by atoms with E-state index in [0.717, 1.165) is 15.6 Å². The Bertz CT molecular complexity index is 1490. The van der Waals surface area contributed by atoms with E-state index in [1.54, 1.807) is 31.3 Å². The Morgan fingerprint density at radius 2 is 1.84 bits per heavy atom. The molecule has 0 saturated heterocycles. The van der Waals surface area contributed by atoms with Gasteiger partial charge in [-0.3, -0.25) is 5.43 Å². The Hall–Kier alpha value is -4.55. The monoisotopic (exact) mass is 652 g/mol. The largest absolute Gasteiger partial charge is 0.490 e. The van der Waals surface area contributed by atoms with E-state index >= 15 is 0 Å². The summed E-state index contributed by atoms with van der Waals surface area (Å²) >= 11 is 3.43. The highest BCUT2D eigenvalue weighted by Crippen LogP contribution is 2.35. The number of para-hydroxylation sites is 1. The number of carbonyl (C=O) groups excluding carboxylic acids is 2. The topological polar surface area (TPSA) is 140 Å². The number of nitrogens with one attached hydrogen (secondary N) is 3. The first kappa shape index (κ1) is 31.4. The summed E-state index contributed by atoms with van der Waals surface area (Å²) in [6.07, 6.45) is 0.420. The van der Waals surface area contributed by atoms with E-state index < -0.39 is 24.3 Å². The number of aliphatic hydroxyl groups is 1. The summed E-state index contributed by atoms with van der Waals surface area (Å²) in [6.45, 7) is 4.04. The zero-order valence-electron chi connectivity index (χ0n) is 23.9. The Kier molecular flexibility index (Phi) is 11.0. The lowest BCUT2D eigenvalue weighted by molar-refractivity contribution is -0.136. The van der Waals surface area contributed by atoms with Crippen LogP contribution < -0.4 is 30.3 Å². The molecule has 226 valence electrons. The number of methoxy groups -OCH3 is 1. The fourth-order valence-electron chi connectivity index (χ4n) is 4.28. The summed E-state index contributed by atoms with van der Waals surface area (Å²) in [4.78, 5) is 24.6. The molecular weight excluding hydrogens is 620 g/mol. The second-order valence-electron chi connectivity index (χ2n) is 9.37. The van der Waals surface area contributed by atoms with Crippen molar-refractivity contribution < 1.29 is 33.6 Å². The number of esters is 1. The van der Waals surface area contributed by atoms with Crippen molar-refractivity contribution in [2.45, 2.75) is 32.7 Å². The van der Waals surface area contributed by atoms with Crippen molar-refractivity contribution in [1.29, 1.82) is 0 Å². The summed E-state index contributed by atoms with van der Waals surface area (Å²) in [6, 6.07) is 19.1. The van der Waals surface area contributed by atoms with Gasteiger partial charge in [-0.05, 0) is 61.4 Å². The third-order valence-corrected chi connectivity index (χ3v) is 6.85. The van der Waals surface area contributed by atoms with Gasteiger partial charge in [0.25, 0.3) is 0 Å². The van der Waals surface area contributed by atoms with Crippen LogP contribution in [0.15, 0.2) is 87.6 Å². The van der Waals surface area contributed by atoms with Gasteiger partial charge in [0.05, 0.1) is 31.5 Å². The standard InChI is InChI=1S/C31H33BrN4O7/c1-4-41-26-15-21(29-28(30(38)40-3)19(2)34-31(39)35-29)11-14-25(26)43-18-27(37)36-33-16-22-7-5-6-8-24(22)42-17-20-9-12-23(32)13-10-20/h5-16,27,29,36-37H,4,17-18H2,1-3H3,(H2,34,35,39)/b33-16-/t27-,29+/m0/s1. The maximum absolute atomic E-state index is 12.4. The highest BCUT2D eigenvalue weighted by atomic mass is 79.9. The molecule has 43 heavy (non-hydrogen) atoms. The third-order valence-electron chi connectivity index (χ3n) is 6.33. The summed E-state index contributed by atoms with van der Waals surface area (Å²) in [5.41, 5.74) is 5.66. The zero-order chi connectivity index (χ0) is 30.8. The van der Waals surface area contributed by atoms with Crippen LogP contribution in [0.25, 0.3) is 0 Å². The summed E-state index contributed by atoms with van der Waals surface area (Å²) in [5.74, 6) is 0.820. The number of hydrazone groups is 1. The van der Waals surface area contributed by atoms with E-state index in [-0.39, 0.29) is 12.2 Å². The predicted molar refractivity (Wildman–Crippen MR) is 164 cm³/mol. The Morgan fingerprint density at radius 1 is 1.07 bits per heavy atom. The molecule has 0 aliphatic carbocycles. The van der Waals surface area contributed by atoms with Crippen molar-refractivity contribution in [3.63, 3.8) is 0 Å². The van der Waals surface area contributed by atoms with Crippen molar-refractivity contribution in [1.82, 2.24) is 16.1 Å². The predicted octanol–water partition coefficient (Wildman–Crippen LogP) is 4.55. The van der Waals surface area contributed by atoms with Crippen molar-refractivity contribution in [2.75, 3.05) is 20.3 Å². The van der Waals surface area contributed by atoms with Gasteiger partial charge in [0.2, 0.25) is 0 Å². The molecule has 0 fully saturated rings. The molecule has 1 aliphatic rings. The van der Waals surface area contributed by atoms with Crippen LogP contribution in [0.1, 0.15) is 36.6 Å². The van der Waals surface area contributed by atoms with Crippen LogP contribution in [0.4, 0.5) is 4.79 Å². The molecule has 4 rings (SSSR count). The summed E-state index contributed by atoms with van der Waals surface area (Å²) in [5, 5.41) is 19.9. The number of aliphatic hydroxyl groups excluding tert-OH is 1. The van der Waals surface area contributed by atoms with E-state index in [4.69, 9.17) is 18.9 Å². The molecule has 0 saturated carbocycles. The van der Waals surface area contributed by atoms with Gasteiger partial charge in [-0.15, -0.1) is 0 Å². The molecule has 4 N–H and O–H groups in total. The lowest BCUT2D eigenvalue weighted by atomic mass is 9.95. The maximum Gasteiger partial charge on any atom is 0.337 e. The average Bonchev–Trinajstić information content (AvgIpc) is 3.00. The number of rotatable bonds is 13. The minimum Gasteiger partial charge on any atom is -0.490 e. The van der Waals surface area contributed by atoms with E-state index in [1.807, 2.05) is 55.5 Å². The van der Waals surface area contributed by atoms with Crippen molar-refractivity contribution in [2.24, 2.45) is 5.10 Å². The molecule has 2 atom stereocenters. The van der Waals surface area contributed by atoms with Crippen LogP contribution in [0, 0.1) is 0 Å². The van der Waals surface area contributed by atoms with E-state index in [2.05, 4.69) is 37.1 Å². The average molecular weight is 654 g/mol. The smallest absolute Gasteiger partial charge is 0.337 e. The molecule has 0 unspecified atom stereocenters. The number of ether oxygens (including phenoxy) is 4. The molecule has 0 aromatic heterocycles. The van der Waals surface area contributed by atoms with Crippen LogP contribution in [-0.2, 0) is 16.1 Å². The lowest BCUT2D eigenvalue weighted by Gasteiger charge is -2.28. The normalized spacial score (nSPS) is 15.4. The molecule has 3 aromatic rings. The molecule has 1 heterocycles. The quantitative estimate of drug-likeness (QED) is 0.0913. The highest BCUT2D eigenvalue weighted by Gasteiger charge is 2.32. The van der Waals surface area contributed by atoms with Crippen LogP contribution >= 0.6 is 15.9 Å². The molecular formula is C31H33BrN4O7. The molecule has 1 aliphatic heterocycles. The van der Waals surface area contributed by atoms with Gasteiger partial charge < -0.3 is 34.7 Å². The van der Waals surface area contributed by atoms with Gasteiger partial charge in [0, 0.05) is 15.7 Å². The highest BCUT2D eigenvalue weighted by molar-refractivity contribution is 9.10. The van der Waals surface area contributed by atoms with Crippen molar-refractivity contribution in [3.8, 4) is 17.2 Å². The number of hydrogen-bond acceptors (Lipinski definition) is 9. The first-order chi connectivity index (χ1) is 20.8. The first-order valence-electron chi connectivity index (χ1n) is 13.5. The Balaban J connectivity index is 1.38. The minimum atomic E-state index is -1.14. The number of urea groups is 1. The minimum absolute atomic E-state index is 0.144. The van der Waals surface area contributed by atoms with E-state index in [0.29, 0.717) is 41.7 Å². The molecule has 3 aromatic carbocycles. The van der Waals surface area contributed by atoms with E-state index in [1.165, 1.54) is 7.11 Å². The number of amides is 2. The van der Waals surface area contributed by atoms with Gasteiger partial charge in [0.1, 0.15) is 19.0 Å². The van der Waals surface area contributed by atoms with Gasteiger partial charge >= 0.3 is 12.0 Å². The molecule has 12 heteroatoms. The second-order valence-corrected chi connectivity index (χ2v) is 10.3. The van der Waals surface area contributed by atoms with Gasteiger partial charge in [-0.1, -0.05) is 46.3 Å². The van der Waals surface area contributed by atoms with Crippen molar-refractivity contribution >= 4 is 34.1 Å². The van der Waals surface area contributed by atoms with Crippen LogP contribution in [0.5, 0.6) is 17.2 Å². The summed E-state index contributed by atoms with van der Waals surface area (Å²) < 4.78 is 23.4. The van der Waals surface area contributed by atoms with E-state index in [9.17, 15) is 14.7 Å².